The second-order valence-electron chi connectivity index (χ2n) is 7.77. The molecular weight excluding hydrogens is 498 g/mol. The molecule has 4 atom stereocenters. The molecule has 0 spiro atoms. The molecule has 0 aliphatic carbocycles. The summed E-state index contributed by atoms with van der Waals surface area (Å²) in [4.78, 5) is 74.9. The van der Waals surface area contributed by atoms with Crippen LogP contribution in [0.2, 0.25) is 0 Å². The number of aliphatic imine (C=N–C) groups is 1. The molecule has 0 aromatic carbocycles. The van der Waals surface area contributed by atoms with Gasteiger partial charge in [0.25, 0.3) is 0 Å². The highest BCUT2D eigenvalue weighted by molar-refractivity contribution is 7.80. The van der Waals surface area contributed by atoms with E-state index in [9.17, 15) is 33.9 Å². The number of primary amides is 2. The van der Waals surface area contributed by atoms with E-state index in [-0.39, 0.29) is 56.8 Å². The first kappa shape index (κ1) is 32.4. The average molecular weight is 534 g/mol. The lowest BCUT2D eigenvalue weighted by Gasteiger charge is -2.24. The van der Waals surface area contributed by atoms with Gasteiger partial charge in [0.2, 0.25) is 29.5 Å². The first-order valence-electron chi connectivity index (χ1n) is 10.9. The topological polar surface area (TPSA) is 301 Å². The van der Waals surface area contributed by atoms with Crippen molar-refractivity contribution >= 4 is 54.1 Å². The number of nitrogens with zero attached hydrogens (tertiary/aromatic N) is 1. The summed E-state index contributed by atoms with van der Waals surface area (Å²) in [5.74, 6) is -5.54. The Morgan fingerprint density at radius 3 is 1.75 bits per heavy atom. The SMILES string of the molecule is NC(=O)CCC(N)C(=O)NC(CS)C(=O)NC(CCCN=C(N)N)C(=O)NC(CCC(N)=O)C(=O)O. The van der Waals surface area contributed by atoms with Gasteiger partial charge < -0.3 is 49.7 Å². The van der Waals surface area contributed by atoms with Crippen LogP contribution in [0.4, 0.5) is 0 Å². The van der Waals surface area contributed by atoms with Crippen molar-refractivity contribution in [2.45, 2.75) is 62.7 Å². The highest BCUT2D eigenvalue weighted by Gasteiger charge is 2.29. The lowest BCUT2D eigenvalue weighted by Crippen LogP contribution is -2.57. The Labute approximate surface area is 212 Å². The van der Waals surface area contributed by atoms with E-state index in [4.69, 9.17) is 28.7 Å². The van der Waals surface area contributed by atoms with Crippen molar-refractivity contribution in [3.05, 3.63) is 0 Å². The van der Waals surface area contributed by atoms with Gasteiger partial charge in [0, 0.05) is 25.1 Å². The van der Waals surface area contributed by atoms with Crippen molar-refractivity contribution < 1.29 is 33.9 Å². The number of hydrogen-bond acceptors (Lipinski definition) is 9. The molecule has 0 aliphatic heterocycles. The second-order valence-corrected chi connectivity index (χ2v) is 8.13. The highest BCUT2D eigenvalue weighted by atomic mass is 32.1. The van der Waals surface area contributed by atoms with Gasteiger partial charge in [-0.05, 0) is 25.7 Å². The number of guanidine groups is 1. The molecule has 0 aromatic heterocycles. The van der Waals surface area contributed by atoms with Gasteiger partial charge in [0.1, 0.15) is 18.1 Å². The lowest BCUT2D eigenvalue weighted by molar-refractivity contribution is -0.142. The van der Waals surface area contributed by atoms with Gasteiger partial charge in [-0.2, -0.15) is 12.6 Å². The van der Waals surface area contributed by atoms with Crippen LogP contribution in [-0.4, -0.2) is 83.0 Å². The summed E-state index contributed by atoms with van der Waals surface area (Å²) in [5, 5.41) is 16.4. The lowest BCUT2D eigenvalue weighted by atomic mass is 10.1. The van der Waals surface area contributed by atoms with E-state index < -0.39 is 59.7 Å². The highest BCUT2D eigenvalue weighted by Crippen LogP contribution is 2.04. The summed E-state index contributed by atoms with van der Waals surface area (Å²) >= 11 is 4.04. The van der Waals surface area contributed by atoms with Gasteiger partial charge in [0.05, 0.1) is 6.04 Å². The van der Waals surface area contributed by atoms with Gasteiger partial charge >= 0.3 is 5.97 Å². The largest absolute Gasteiger partial charge is 0.480 e. The Morgan fingerprint density at radius 1 is 0.750 bits per heavy atom. The minimum atomic E-state index is -1.44. The van der Waals surface area contributed by atoms with Crippen LogP contribution in [0, 0.1) is 0 Å². The van der Waals surface area contributed by atoms with Gasteiger partial charge in [0.15, 0.2) is 5.96 Å². The Hall–Kier alpha value is -3.60. The minimum Gasteiger partial charge on any atom is -0.480 e. The molecule has 4 unspecified atom stereocenters. The van der Waals surface area contributed by atoms with Crippen molar-refractivity contribution in [2.75, 3.05) is 12.3 Å². The van der Waals surface area contributed by atoms with Crippen LogP contribution in [0.1, 0.15) is 38.5 Å². The summed E-state index contributed by atoms with van der Waals surface area (Å²) in [6, 6.07) is -5.01. The predicted octanol–water partition coefficient (Wildman–Crippen LogP) is -4.63. The number of hydrogen-bond donors (Lipinski definition) is 10. The van der Waals surface area contributed by atoms with E-state index in [2.05, 4.69) is 33.6 Å². The molecule has 0 aliphatic rings. The molecule has 0 rings (SSSR count). The van der Waals surface area contributed by atoms with Gasteiger partial charge in [-0.15, -0.1) is 0 Å². The maximum absolute atomic E-state index is 12.8. The van der Waals surface area contributed by atoms with Crippen molar-refractivity contribution in [3.8, 4) is 0 Å². The molecule has 0 radical (unpaired) electrons. The Balaban J connectivity index is 5.41. The zero-order valence-electron chi connectivity index (χ0n) is 19.6. The number of rotatable bonds is 18. The third-order valence-corrected chi connectivity index (χ3v) is 5.09. The molecule has 0 aromatic rings. The van der Waals surface area contributed by atoms with E-state index in [1.807, 2.05) is 0 Å². The molecule has 5 amide bonds. The van der Waals surface area contributed by atoms with Gasteiger partial charge in [-0.3, -0.25) is 29.0 Å². The number of aliphatic carboxylic acids is 1. The van der Waals surface area contributed by atoms with Crippen LogP contribution >= 0.6 is 12.6 Å². The second kappa shape index (κ2) is 16.9. The van der Waals surface area contributed by atoms with Crippen LogP contribution in [-0.2, 0) is 28.8 Å². The summed E-state index contributed by atoms with van der Waals surface area (Å²) < 4.78 is 0. The van der Waals surface area contributed by atoms with Crippen molar-refractivity contribution in [2.24, 2.45) is 33.7 Å². The number of nitrogens with one attached hydrogen (secondary N) is 3. The van der Waals surface area contributed by atoms with Crippen LogP contribution in [0.3, 0.4) is 0 Å². The summed E-state index contributed by atoms with van der Waals surface area (Å²) in [5.41, 5.74) is 26.3. The molecule has 0 saturated heterocycles. The normalized spacial score (nSPS) is 13.8. The number of nitrogens with two attached hydrogens (primary N) is 5. The molecule has 0 heterocycles. The molecule has 0 bridgehead atoms. The third kappa shape index (κ3) is 14.0. The fourth-order valence-electron chi connectivity index (χ4n) is 2.76. The average Bonchev–Trinajstić information content (AvgIpc) is 2.79. The Bertz CT molecular complexity index is 836. The first-order chi connectivity index (χ1) is 16.8. The molecule has 16 nitrogen and oxygen atoms in total. The summed E-state index contributed by atoms with van der Waals surface area (Å²) in [7, 11) is 0. The molecule has 204 valence electrons. The molecule has 36 heavy (non-hydrogen) atoms. The smallest absolute Gasteiger partial charge is 0.326 e. The maximum Gasteiger partial charge on any atom is 0.326 e. The monoisotopic (exact) mass is 533 g/mol. The van der Waals surface area contributed by atoms with E-state index in [1.165, 1.54) is 0 Å². The van der Waals surface area contributed by atoms with E-state index >= 15 is 0 Å². The number of carboxylic acid groups (broad SMARTS) is 1. The predicted molar refractivity (Wildman–Crippen MR) is 132 cm³/mol. The molecule has 0 fully saturated rings. The fraction of sp³-hybridized carbons (Fsp3) is 0.632. The minimum absolute atomic E-state index is 0.00186. The van der Waals surface area contributed by atoms with Gasteiger partial charge in [-0.1, -0.05) is 0 Å². The standard InChI is InChI=1S/C19H35N9O7S/c20-9(3-5-13(21)29)15(31)28-12(8-36)17(33)26-10(2-1-7-25-19(23)24)16(32)27-11(18(34)35)4-6-14(22)30/h9-12,36H,1-8,20H2,(H2,21,29)(H2,22,30)(H,26,33)(H,27,32)(H,28,31)(H,34,35)(H4,23,24,25). The number of carbonyl (C=O) groups is 6. The summed E-state index contributed by atoms with van der Waals surface area (Å²) in [6.45, 7) is 0.119. The van der Waals surface area contributed by atoms with Crippen LogP contribution in [0.25, 0.3) is 0 Å². The van der Waals surface area contributed by atoms with Crippen LogP contribution in [0.5, 0.6) is 0 Å². The first-order valence-corrected chi connectivity index (χ1v) is 11.5. The van der Waals surface area contributed by atoms with E-state index in [0.717, 1.165) is 0 Å². The molecule has 17 heteroatoms. The van der Waals surface area contributed by atoms with E-state index in [1.54, 1.807) is 0 Å². The molecule has 0 saturated carbocycles. The maximum atomic E-state index is 12.8. The zero-order valence-corrected chi connectivity index (χ0v) is 20.5. The Morgan fingerprint density at radius 2 is 1.25 bits per heavy atom. The number of amides is 5. The van der Waals surface area contributed by atoms with Gasteiger partial charge in [-0.25, -0.2) is 4.79 Å². The third-order valence-electron chi connectivity index (χ3n) is 4.73. The fourth-order valence-corrected chi connectivity index (χ4v) is 3.02. The number of carboxylic acids is 1. The number of carbonyl (C=O) groups excluding carboxylic acids is 5. The van der Waals surface area contributed by atoms with Crippen molar-refractivity contribution in [3.63, 3.8) is 0 Å². The quantitative estimate of drug-likeness (QED) is 0.0347. The molecular formula is C19H35N9O7S. The molecule has 14 N–H and O–H groups in total. The van der Waals surface area contributed by atoms with E-state index in [0.29, 0.717) is 0 Å². The number of thiol groups is 1. The Kier molecular flexibility index (Phi) is 15.2. The van der Waals surface area contributed by atoms with Crippen molar-refractivity contribution in [1.82, 2.24) is 16.0 Å². The van der Waals surface area contributed by atoms with Crippen LogP contribution < -0.4 is 44.6 Å². The zero-order chi connectivity index (χ0) is 27.8. The van der Waals surface area contributed by atoms with Crippen LogP contribution in [0.15, 0.2) is 4.99 Å². The van der Waals surface area contributed by atoms with Crippen molar-refractivity contribution in [1.29, 1.82) is 0 Å². The summed E-state index contributed by atoms with van der Waals surface area (Å²) in [6.07, 6.45) is -0.496.